The Kier molecular flexibility index (Phi) is 4.49. The van der Waals surface area contributed by atoms with Gasteiger partial charge in [0, 0.05) is 6.42 Å². The van der Waals surface area contributed by atoms with E-state index in [1.807, 2.05) is 30.3 Å². The van der Waals surface area contributed by atoms with Crippen LogP contribution in [-0.2, 0) is 12.6 Å². The Hall–Kier alpha value is -3.00. The van der Waals surface area contributed by atoms with Crippen molar-refractivity contribution in [2.45, 2.75) is 12.6 Å². The van der Waals surface area contributed by atoms with Crippen LogP contribution in [0.25, 0.3) is 17.1 Å². The predicted molar refractivity (Wildman–Crippen MR) is 98.3 cm³/mol. The van der Waals surface area contributed by atoms with Gasteiger partial charge in [-0.2, -0.15) is 22.8 Å². The first-order valence-electron chi connectivity index (χ1n) is 8.09. The molecule has 0 bridgehead atoms. The first-order valence-corrected chi connectivity index (χ1v) is 8.91. The molecule has 27 heavy (non-hydrogen) atoms. The van der Waals surface area contributed by atoms with Gasteiger partial charge < -0.3 is 0 Å². The third kappa shape index (κ3) is 3.90. The number of benzene rings is 2. The third-order valence-corrected chi connectivity index (χ3v) is 4.77. The number of fused-ring (bicyclic) bond motifs is 1. The Balaban J connectivity index is 1.57. The quantitative estimate of drug-likeness (QED) is 0.498. The molecular formula is C19H13F3N4S. The summed E-state index contributed by atoms with van der Waals surface area (Å²) in [5.41, 5.74) is 0.883. The number of hydrogen-bond donors (Lipinski definition) is 0. The first kappa shape index (κ1) is 17.4. The van der Waals surface area contributed by atoms with E-state index < -0.39 is 11.7 Å². The van der Waals surface area contributed by atoms with Gasteiger partial charge >= 0.3 is 6.18 Å². The van der Waals surface area contributed by atoms with Crippen molar-refractivity contribution < 1.29 is 13.2 Å². The zero-order valence-corrected chi connectivity index (χ0v) is 14.7. The fourth-order valence-electron chi connectivity index (χ4n) is 2.61. The lowest BCUT2D eigenvalue weighted by molar-refractivity contribution is -0.137. The molecule has 0 unspecified atom stereocenters. The van der Waals surface area contributed by atoms with Crippen molar-refractivity contribution in [1.29, 1.82) is 0 Å². The summed E-state index contributed by atoms with van der Waals surface area (Å²) in [5.74, 6) is 0.714. The molecule has 0 aliphatic rings. The molecule has 8 heteroatoms. The topological polar surface area (TPSA) is 43.1 Å². The van der Waals surface area contributed by atoms with Crippen LogP contribution in [0.5, 0.6) is 0 Å². The second-order valence-corrected chi connectivity index (χ2v) is 6.86. The fraction of sp³-hybridized carbons (Fsp3) is 0.105. The number of hydrogen-bond acceptors (Lipinski definition) is 4. The summed E-state index contributed by atoms with van der Waals surface area (Å²) in [4.78, 5) is 0.643. The van der Waals surface area contributed by atoms with Gasteiger partial charge in [0.15, 0.2) is 5.82 Å². The maximum absolute atomic E-state index is 12.8. The Labute approximate surface area is 156 Å². The van der Waals surface area contributed by atoms with E-state index >= 15 is 0 Å². The van der Waals surface area contributed by atoms with E-state index in [2.05, 4.69) is 15.3 Å². The van der Waals surface area contributed by atoms with Gasteiger partial charge in [0.2, 0.25) is 4.96 Å². The third-order valence-electron chi connectivity index (χ3n) is 3.91. The van der Waals surface area contributed by atoms with Gasteiger partial charge in [-0.05, 0) is 29.3 Å². The minimum atomic E-state index is -4.36. The number of aromatic nitrogens is 4. The molecule has 0 aliphatic heterocycles. The zero-order chi connectivity index (χ0) is 18.9. The van der Waals surface area contributed by atoms with Crippen LogP contribution in [0.4, 0.5) is 13.2 Å². The van der Waals surface area contributed by atoms with Gasteiger partial charge in [0.1, 0.15) is 5.01 Å². The summed E-state index contributed by atoms with van der Waals surface area (Å²) >= 11 is 1.33. The maximum Gasteiger partial charge on any atom is 0.416 e. The van der Waals surface area contributed by atoms with Crippen molar-refractivity contribution in [2.75, 3.05) is 0 Å². The number of halogens is 3. The highest BCUT2D eigenvalue weighted by molar-refractivity contribution is 7.17. The molecule has 0 amide bonds. The van der Waals surface area contributed by atoms with Crippen molar-refractivity contribution in [3.63, 3.8) is 0 Å². The molecule has 2 heterocycles. The lowest BCUT2D eigenvalue weighted by Gasteiger charge is -2.06. The standard InChI is InChI=1S/C19H13F3N4S/c20-19(21,22)15-8-4-7-14(11-15)9-10-17-25-26-16(23-24-18(26)27-17)12-13-5-2-1-3-6-13/h1-11H,12H2. The molecular weight excluding hydrogens is 373 g/mol. The van der Waals surface area contributed by atoms with E-state index in [-0.39, 0.29) is 0 Å². The number of nitrogens with zero attached hydrogens (tertiary/aromatic N) is 4. The molecule has 0 aliphatic carbocycles. The van der Waals surface area contributed by atoms with Crippen LogP contribution in [0.1, 0.15) is 27.5 Å². The zero-order valence-electron chi connectivity index (χ0n) is 13.9. The molecule has 4 nitrogen and oxygen atoms in total. The average molecular weight is 386 g/mol. The van der Waals surface area contributed by atoms with E-state index in [0.29, 0.717) is 27.8 Å². The van der Waals surface area contributed by atoms with E-state index in [9.17, 15) is 13.2 Å². The number of alkyl halides is 3. The van der Waals surface area contributed by atoms with Crippen molar-refractivity contribution in [3.8, 4) is 0 Å². The van der Waals surface area contributed by atoms with Crippen molar-refractivity contribution in [1.82, 2.24) is 19.8 Å². The monoisotopic (exact) mass is 386 g/mol. The summed E-state index contributed by atoms with van der Waals surface area (Å²) in [6.07, 6.45) is -0.467. The fourth-order valence-corrected chi connectivity index (χ4v) is 3.37. The van der Waals surface area contributed by atoms with Crippen LogP contribution in [0.15, 0.2) is 54.6 Å². The van der Waals surface area contributed by atoms with Crippen molar-refractivity contribution >= 4 is 28.4 Å². The van der Waals surface area contributed by atoms with Crippen LogP contribution < -0.4 is 0 Å². The predicted octanol–water partition coefficient (Wildman–Crippen LogP) is 4.97. The van der Waals surface area contributed by atoms with E-state index in [1.54, 1.807) is 22.7 Å². The molecule has 4 rings (SSSR count). The van der Waals surface area contributed by atoms with Gasteiger partial charge in [0.25, 0.3) is 0 Å². The Morgan fingerprint density at radius 3 is 2.56 bits per heavy atom. The highest BCUT2D eigenvalue weighted by atomic mass is 32.1. The largest absolute Gasteiger partial charge is 0.416 e. The lowest BCUT2D eigenvalue weighted by Crippen LogP contribution is -2.04. The number of rotatable bonds is 4. The summed E-state index contributed by atoms with van der Waals surface area (Å²) in [7, 11) is 0. The minimum Gasteiger partial charge on any atom is -0.187 e. The van der Waals surface area contributed by atoms with Crippen molar-refractivity contribution in [2.24, 2.45) is 0 Å². The lowest BCUT2D eigenvalue weighted by atomic mass is 10.1. The van der Waals surface area contributed by atoms with Crippen LogP contribution in [0, 0.1) is 0 Å². The van der Waals surface area contributed by atoms with Gasteiger partial charge in [-0.25, -0.2) is 0 Å². The molecule has 0 saturated heterocycles. The Bertz CT molecular complexity index is 1100. The van der Waals surface area contributed by atoms with Gasteiger partial charge in [-0.3, -0.25) is 0 Å². The highest BCUT2D eigenvalue weighted by Crippen LogP contribution is 2.30. The van der Waals surface area contributed by atoms with E-state index in [1.165, 1.54) is 17.4 Å². The van der Waals surface area contributed by atoms with Crippen molar-refractivity contribution in [3.05, 3.63) is 82.1 Å². The molecule has 0 radical (unpaired) electrons. The Morgan fingerprint density at radius 1 is 0.963 bits per heavy atom. The van der Waals surface area contributed by atoms with Crippen LogP contribution in [-0.4, -0.2) is 19.8 Å². The molecule has 2 aromatic carbocycles. The molecule has 0 atom stereocenters. The first-order chi connectivity index (χ1) is 13.0. The molecule has 0 fully saturated rings. The van der Waals surface area contributed by atoms with Crippen LogP contribution in [0.3, 0.4) is 0 Å². The second kappa shape index (κ2) is 6.96. The van der Waals surface area contributed by atoms with E-state index in [4.69, 9.17) is 0 Å². The summed E-state index contributed by atoms with van der Waals surface area (Å²) < 4.78 is 40.1. The molecule has 4 aromatic rings. The molecule has 0 spiro atoms. The second-order valence-electron chi connectivity index (χ2n) is 5.87. The molecule has 2 aromatic heterocycles. The van der Waals surface area contributed by atoms with Gasteiger partial charge in [0.05, 0.1) is 5.56 Å². The smallest absolute Gasteiger partial charge is 0.187 e. The van der Waals surface area contributed by atoms with Gasteiger partial charge in [-0.1, -0.05) is 59.9 Å². The van der Waals surface area contributed by atoms with Crippen LogP contribution >= 0.6 is 11.3 Å². The summed E-state index contributed by atoms with van der Waals surface area (Å²) in [6.45, 7) is 0. The Morgan fingerprint density at radius 2 is 1.78 bits per heavy atom. The molecule has 0 N–H and O–H groups in total. The maximum atomic E-state index is 12.8. The van der Waals surface area contributed by atoms with Crippen LogP contribution in [0.2, 0.25) is 0 Å². The normalized spacial score (nSPS) is 12.3. The van der Waals surface area contributed by atoms with Gasteiger partial charge in [-0.15, -0.1) is 10.2 Å². The average Bonchev–Trinajstić information content (AvgIpc) is 3.22. The minimum absolute atomic E-state index is 0.459. The van der Waals surface area contributed by atoms with E-state index in [0.717, 1.165) is 17.7 Å². The SMILES string of the molecule is FC(F)(F)c1cccc(C=Cc2nn3c(Cc4ccccc4)nnc3s2)c1. The molecule has 136 valence electrons. The highest BCUT2D eigenvalue weighted by Gasteiger charge is 2.30. The molecule has 0 saturated carbocycles. The summed E-state index contributed by atoms with van der Waals surface area (Å²) in [5, 5.41) is 13.4. The summed E-state index contributed by atoms with van der Waals surface area (Å²) in [6, 6.07) is 15.0.